The summed E-state index contributed by atoms with van der Waals surface area (Å²) in [5.41, 5.74) is 5.77. The van der Waals surface area contributed by atoms with Crippen molar-refractivity contribution < 1.29 is 14.3 Å². The van der Waals surface area contributed by atoms with Crippen molar-refractivity contribution >= 4 is 29.1 Å². The zero-order chi connectivity index (χ0) is 15.1. The second-order valence-corrected chi connectivity index (χ2v) is 4.55. The monoisotopic (exact) mass is 296 g/mol. The molecule has 0 radical (unpaired) electrons. The number of hydrogen-bond acceptors (Lipinski definition) is 3. The molecule has 108 valence electrons. The Morgan fingerprint density at radius 1 is 1.55 bits per heavy atom. The van der Waals surface area contributed by atoms with Gasteiger partial charge in [-0.05, 0) is 31.5 Å². The molecule has 2 amide bonds. The number of halogens is 1. The molecule has 1 unspecified atom stereocenters. The molecule has 3 N–H and O–H groups in total. The lowest BCUT2D eigenvalue weighted by Gasteiger charge is -2.14. The van der Waals surface area contributed by atoms with Gasteiger partial charge in [-0.1, -0.05) is 17.7 Å². The Morgan fingerprint density at radius 2 is 2.25 bits per heavy atom. The van der Waals surface area contributed by atoms with E-state index in [1.54, 1.807) is 13.0 Å². The molecule has 0 aliphatic heterocycles. The van der Waals surface area contributed by atoms with Crippen LogP contribution in [-0.4, -0.2) is 24.5 Å². The molecule has 0 fully saturated rings. The summed E-state index contributed by atoms with van der Waals surface area (Å²) in [7, 11) is 0. The number of hydrogen-bond donors (Lipinski definition) is 2. The highest BCUT2D eigenvalue weighted by atomic mass is 35.5. The van der Waals surface area contributed by atoms with Crippen LogP contribution in [0.15, 0.2) is 30.9 Å². The lowest BCUT2D eigenvalue weighted by atomic mass is 10.2. The van der Waals surface area contributed by atoms with Crippen molar-refractivity contribution in [3.8, 4) is 0 Å². The van der Waals surface area contributed by atoms with Gasteiger partial charge >= 0.3 is 0 Å². The zero-order valence-corrected chi connectivity index (χ0v) is 11.9. The van der Waals surface area contributed by atoms with Gasteiger partial charge < -0.3 is 15.8 Å². The van der Waals surface area contributed by atoms with Gasteiger partial charge in [0, 0.05) is 5.56 Å². The molecule has 0 aliphatic carbocycles. The third-order valence-electron chi connectivity index (χ3n) is 2.57. The van der Waals surface area contributed by atoms with Gasteiger partial charge in [-0.15, -0.1) is 6.58 Å². The van der Waals surface area contributed by atoms with E-state index in [0.29, 0.717) is 23.7 Å². The van der Waals surface area contributed by atoms with E-state index in [1.165, 1.54) is 18.2 Å². The molecule has 1 aromatic rings. The van der Waals surface area contributed by atoms with E-state index in [-0.39, 0.29) is 11.5 Å². The minimum Gasteiger partial charge on any atom is -0.368 e. The topological polar surface area (TPSA) is 81.4 Å². The molecule has 0 spiro atoms. The maximum absolute atomic E-state index is 11.9. The fraction of sp³-hybridized carbons (Fsp3) is 0.286. The van der Waals surface area contributed by atoms with Gasteiger partial charge in [-0.25, -0.2) is 0 Å². The van der Waals surface area contributed by atoms with Crippen LogP contribution < -0.4 is 11.1 Å². The Balaban J connectivity index is 2.71. The number of primary amides is 1. The minimum atomic E-state index is -0.636. The number of nitrogens with one attached hydrogen (secondary N) is 1. The molecule has 1 atom stereocenters. The van der Waals surface area contributed by atoms with Crippen molar-refractivity contribution in [1.82, 2.24) is 0 Å². The highest BCUT2D eigenvalue weighted by molar-refractivity contribution is 6.34. The van der Waals surface area contributed by atoms with Crippen LogP contribution in [0.3, 0.4) is 0 Å². The lowest BCUT2D eigenvalue weighted by molar-refractivity contribution is -0.126. The van der Waals surface area contributed by atoms with Crippen LogP contribution in [-0.2, 0) is 9.53 Å². The van der Waals surface area contributed by atoms with Gasteiger partial charge in [0.2, 0.25) is 5.91 Å². The van der Waals surface area contributed by atoms with Crippen molar-refractivity contribution in [3.05, 3.63) is 41.4 Å². The Labute approximate surface area is 122 Å². The van der Waals surface area contributed by atoms with Crippen molar-refractivity contribution in [2.45, 2.75) is 19.4 Å². The van der Waals surface area contributed by atoms with E-state index in [1.807, 2.05) is 0 Å². The Morgan fingerprint density at radius 3 is 2.85 bits per heavy atom. The van der Waals surface area contributed by atoms with Gasteiger partial charge in [-0.2, -0.15) is 0 Å². The SMILES string of the molecule is C=CCCOC(C)C(=O)Nc1cc(C(N)=O)ccc1Cl. The molecule has 5 nitrogen and oxygen atoms in total. The average molecular weight is 297 g/mol. The Hall–Kier alpha value is -1.85. The van der Waals surface area contributed by atoms with E-state index in [4.69, 9.17) is 22.1 Å². The third-order valence-corrected chi connectivity index (χ3v) is 2.90. The van der Waals surface area contributed by atoms with Crippen LogP contribution in [0.1, 0.15) is 23.7 Å². The number of carbonyl (C=O) groups excluding carboxylic acids is 2. The highest BCUT2D eigenvalue weighted by Gasteiger charge is 2.15. The van der Waals surface area contributed by atoms with Gasteiger partial charge in [-0.3, -0.25) is 9.59 Å². The zero-order valence-electron chi connectivity index (χ0n) is 11.2. The summed E-state index contributed by atoms with van der Waals surface area (Å²) in [4.78, 5) is 23.0. The smallest absolute Gasteiger partial charge is 0.253 e. The minimum absolute atomic E-state index is 0.268. The number of anilines is 1. The molecule has 0 saturated heterocycles. The number of ether oxygens (including phenoxy) is 1. The summed E-state index contributed by atoms with van der Waals surface area (Å²) in [6, 6.07) is 4.42. The van der Waals surface area contributed by atoms with Crippen molar-refractivity contribution in [2.24, 2.45) is 5.73 Å². The number of amides is 2. The largest absolute Gasteiger partial charge is 0.368 e. The number of nitrogens with two attached hydrogens (primary N) is 1. The molecule has 1 rings (SSSR count). The lowest BCUT2D eigenvalue weighted by Crippen LogP contribution is -2.28. The van der Waals surface area contributed by atoms with E-state index in [9.17, 15) is 9.59 Å². The first-order chi connectivity index (χ1) is 9.45. The van der Waals surface area contributed by atoms with E-state index in [2.05, 4.69) is 11.9 Å². The normalized spacial score (nSPS) is 11.7. The molecule has 1 aromatic carbocycles. The third kappa shape index (κ3) is 4.68. The van der Waals surface area contributed by atoms with E-state index in [0.717, 1.165) is 0 Å². The molecule has 0 aliphatic rings. The first-order valence-electron chi connectivity index (χ1n) is 6.08. The van der Waals surface area contributed by atoms with Crippen LogP contribution in [0.25, 0.3) is 0 Å². The van der Waals surface area contributed by atoms with Crippen LogP contribution in [0.5, 0.6) is 0 Å². The molecule has 6 heteroatoms. The summed E-state index contributed by atoms with van der Waals surface area (Å²) >= 11 is 5.96. The summed E-state index contributed by atoms with van der Waals surface area (Å²) in [5.74, 6) is -0.940. The van der Waals surface area contributed by atoms with Gasteiger partial charge in [0.25, 0.3) is 5.91 Å². The van der Waals surface area contributed by atoms with E-state index >= 15 is 0 Å². The highest BCUT2D eigenvalue weighted by Crippen LogP contribution is 2.23. The first-order valence-corrected chi connectivity index (χ1v) is 6.46. The standard InChI is InChI=1S/C14H17ClN2O3/c1-3-4-7-20-9(2)14(19)17-12-8-10(13(16)18)5-6-11(12)15/h3,5-6,8-9H,1,4,7H2,2H3,(H2,16,18)(H,17,19). The Bertz CT molecular complexity index is 517. The van der Waals surface area contributed by atoms with Gasteiger partial charge in [0.05, 0.1) is 17.3 Å². The molecule has 0 heterocycles. The Kier molecular flexibility index (Phi) is 6.21. The van der Waals surface area contributed by atoms with Crippen molar-refractivity contribution in [3.63, 3.8) is 0 Å². The quantitative estimate of drug-likeness (QED) is 0.598. The summed E-state index contributed by atoms with van der Waals surface area (Å²) in [5, 5.41) is 2.92. The van der Waals surface area contributed by atoms with Crippen LogP contribution >= 0.6 is 11.6 Å². The van der Waals surface area contributed by atoms with Crippen LogP contribution in [0.4, 0.5) is 5.69 Å². The second-order valence-electron chi connectivity index (χ2n) is 4.14. The number of carbonyl (C=O) groups is 2. The van der Waals surface area contributed by atoms with Gasteiger partial charge in [0.15, 0.2) is 0 Å². The molecule has 20 heavy (non-hydrogen) atoms. The number of benzene rings is 1. The fourth-order valence-corrected chi connectivity index (χ4v) is 1.58. The summed E-state index contributed by atoms with van der Waals surface area (Å²) < 4.78 is 5.32. The maximum atomic E-state index is 11.9. The van der Waals surface area contributed by atoms with Crippen LogP contribution in [0, 0.1) is 0 Å². The second kappa shape index (κ2) is 7.67. The summed E-state index contributed by atoms with van der Waals surface area (Å²) in [6.45, 7) is 5.61. The van der Waals surface area contributed by atoms with Crippen LogP contribution in [0.2, 0.25) is 5.02 Å². The molecule has 0 saturated carbocycles. The molecule has 0 bridgehead atoms. The predicted molar refractivity (Wildman–Crippen MR) is 78.8 cm³/mol. The number of rotatable bonds is 7. The van der Waals surface area contributed by atoms with E-state index < -0.39 is 12.0 Å². The fourth-order valence-electron chi connectivity index (χ4n) is 1.41. The van der Waals surface area contributed by atoms with Crippen molar-refractivity contribution in [1.29, 1.82) is 0 Å². The summed E-state index contributed by atoms with van der Waals surface area (Å²) in [6.07, 6.45) is 1.73. The predicted octanol–water partition coefficient (Wildman–Crippen LogP) is 2.36. The molecular formula is C14H17ClN2O3. The molecular weight excluding hydrogens is 280 g/mol. The molecule has 0 aromatic heterocycles. The first kappa shape index (κ1) is 16.2. The maximum Gasteiger partial charge on any atom is 0.253 e. The average Bonchev–Trinajstić information content (AvgIpc) is 2.41. The van der Waals surface area contributed by atoms with Gasteiger partial charge in [0.1, 0.15) is 6.10 Å². The van der Waals surface area contributed by atoms with Crippen molar-refractivity contribution in [2.75, 3.05) is 11.9 Å².